The number of hydrogen-bond acceptors (Lipinski definition) is 3. The Morgan fingerprint density at radius 2 is 1.96 bits per heavy atom. The van der Waals surface area contributed by atoms with Crippen molar-refractivity contribution in [3.63, 3.8) is 0 Å². The summed E-state index contributed by atoms with van der Waals surface area (Å²) in [7, 11) is 1.83. The Balaban J connectivity index is 1.69. The van der Waals surface area contributed by atoms with Crippen LogP contribution < -0.4 is 5.32 Å². The van der Waals surface area contributed by atoms with Crippen LogP contribution in [0.15, 0.2) is 55.0 Å². The third-order valence-corrected chi connectivity index (χ3v) is 3.74. The lowest BCUT2D eigenvalue weighted by Gasteiger charge is -2.09. The van der Waals surface area contributed by atoms with Gasteiger partial charge in [-0.3, -0.25) is 9.67 Å². The molecule has 1 aromatic carbocycles. The first kappa shape index (κ1) is 17.2. The summed E-state index contributed by atoms with van der Waals surface area (Å²) in [5, 5.41) is 7.62. The highest BCUT2D eigenvalue weighted by Crippen LogP contribution is 2.29. The van der Waals surface area contributed by atoms with E-state index in [1.165, 1.54) is 6.07 Å². The van der Waals surface area contributed by atoms with Crippen LogP contribution in [0.2, 0.25) is 0 Å². The summed E-state index contributed by atoms with van der Waals surface area (Å²) in [4.78, 5) is 4.10. The van der Waals surface area contributed by atoms with Crippen LogP contribution in [-0.2, 0) is 26.3 Å². The van der Waals surface area contributed by atoms with Gasteiger partial charge in [0.15, 0.2) is 0 Å². The Morgan fingerprint density at radius 3 is 2.68 bits per heavy atom. The second-order valence-corrected chi connectivity index (χ2v) is 5.72. The molecule has 7 heteroatoms. The van der Waals surface area contributed by atoms with Gasteiger partial charge < -0.3 is 5.32 Å². The second-order valence-electron chi connectivity index (χ2n) is 5.72. The molecule has 0 fully saturated rings. The average molecular weight is 346 g/mol. The van der Waals surface area contributed by atoms with Crippen LogP contribution in [0.25, 0.3) is 11.3 Å². The SMILES string of the molecule is Cn1cc(CNCc2cccc(C(F)(F)F)c2)c(-c2cccnc2)n1. The zero-order valence-corrected chi connectivity index (χ0v) is 13.6. The van der Waals surface area contributed by atoms with E-state index in [1.807, 2.05) is 25.4 Å². The number of hydrogen-bond donors (Lipinski definition) is 1. The van der Waals surface area contributed by atoms with Crippen LogP contribution in [0.3, 0.4) is 0 Å². The summed E-state index contributed by atoms with van der Waals surface area (Å²) in [5.74, 6) is 0. The molecule has 1 N–H and O–H groups in total. The maximum atomic E-state index is 12.8. The molecule has 2 heterocycles. The number of benzene rings is 1. The molecule has 0 aliphatic carbocycles. The summed E-state index contributed by atoms with van der Waals surface area (Å²) < 4.78 is 40.0. The van der Waals surface area contributed by atoms with E-state index in [2.05, 4.69) is 15.4 Å². The van der Waals surface area contributed by atoms with E-state index in [4.69, 9.17) is 0 Å². The molecule has 0 unspecified atom stereocenters. The molecule has 0 saturated heterocycles. The van der Waals surface area contributed by atoms with Crippen LogP contribution >= 0.6 is 0 Å². The van der Waals surface area contributed by atoms with Crippen LogP contribution in [0.5, 0.6) is 0 Å². The monoisotopic (exact) mass is 346 g/mol. The second kappa shape index (κ2) is 7.06. The Kier molecular flexibility index (Phi) is 4.85. The molecule has 3 aromatic rings. The standard InChI is InChI=1S/C18H17F3N4/c1-25-12-15(17(24-25)14-5-3-7-22-10-14)11-23-9-13-4-2-6-16(8-13)18(19,20)21/h2-8,10,12,23H,9,11H2,1H3. The third-order valence-electron chi connectivity index (χ3n) is 3.74. The quantitative estimate of drug-likeness (QED) is 0.764. The number of alkyl halides is 3. The molecule has 0 radical (unpaired) electrons. The maximum absolute atomic E-state index is 12.8. The molecule has 0 amide bonds. The minimum absolute atomic E-state index is 0.339. The predicted octanol–water partition coefficient (Wildman–Crippen LogP) is 3.79. The van der Waals surface area contributed by atoms with Crippen molar-refractivity contribution < 1.29 is 13.2 Å². The third kappa shape index (κ3) is 4.24. The van der Waals surface area contributed by atoms with E-state index in [0.717, 1.165) is 29.0 Å². The fraction of sp³-hybridized carbons (Fsp3) is 0.222. The minimum Gasteiger partial charge on any atom is -0.308 e. The first-order chi connectivity index (χ1) is 11.9. The van der Waals surface area contributed by atoms with Crippen LogP contribution in [-0.4, -0.2) is 14.8 Å². The number of halogens is 3. The van der Waals surface area contributed by atoms with Crippen molar-refractivity contribution in [2.45, 2.75) is 19.3 Å². The fourth-order valence-corrected chi connectivity index (χ4v) is 2.61. The number of aryl methyl sites for hydroxylation is 1. The van der Waals surface area contributed by atoms with Crippen molar-refractivity contribution in [3.8, 4) is 11.3 Å². The number of nitrogens with zero attached hydrogens (tertiary/aromatic N) is 3. The normalized spacial score (nSPS) is 11.7. The van der Waals surface area contributed by atoms with E-state index in [0.29, 0.717) is 18.7 Å². The Labute approximate surface area is 143 Å². The summed E-state index contributed by atoms with van der Waals surface area (Å²) in [6, 6.07) is 9.09. The van der Waals surface area contributed by atoms with E-state index < -0.39 is 11.7 Å². The highest BCUT2D eigenvalue weighted by molar-refractivity contribution is 5.61. The molecule has 0 saturated carbocycles. The van der Waals surface area contributed by atoms with Crippen LogP contribution in [0.1, 0.15) is 16.7 Å². The molecule has 25 heavy (non-hydrogen) atoms. The summed E-state index contributed by atoms with van der Waals surface area (Å²) in [5.41, 5.74) is 2.62. The Hall–Kier alpha value is -2.67. The number of pyridine rings is 1. The number of nitrogens with one attached hydrogen (secondary N) is 1. The van der Waals surface area contributed by atoms with Gasteiger partial charge in [0.2, 0.25) is 0 Å². The largest absolute Gasteiger partial charge is 0.416 e. The van der Waals surface area contributed by atoms with Crippen molar-refractivity contribution in [2.24, 2.45) is 7.05 Å². The molecule has 0 aliphatic rings. The molecule has 0 aliphatic heterocycles. The van der Waals surface area contributed by atoms with Gasteiger partial charge in [-0.1, -0.05) is 18.2 Å². The Morgan fingerprint density at radius 1 is 1.12 bits per heavy atom. The maximum Gasteiger partial charge on any atom is 0.416 e. The van der Waals surface area contributed by atoms with Gasteiger partial charge in [0.25, 0.3) is 0 Å². The van der Waals surface area contributed by atoms with E-state index >= 15 is 0 Å². The topological polar surface area (TPSA) is 42.7 Å². The highest BCUT2D eigenvalue weighted by atomic mass is 19.4. The molecule has 0 bridgehead atoms. The van der Waals surface area contributed by atoms with Crippen molar-refractivity contribution in [2.75, 3.05) is 0 Å². The zero-order valence-electron chi connectivity index (χ0n) is 13.6. The van der Waals surface area contributed by atoms with E-state index in [9.17, 15) is 13.2 Å². The molecule has 0 spiro atoms. The minimum atomic E-state index is -4.33. The number of aromatic nitrogens is 3. The van der Waals surface area contributed by atoms with Gasteiger partial charge in [-0.05, 0) is 23.8 Å². The van der Waals surface area contributed by atoms with Gasteiger partial charge in [-0.2, -0.15) is 18.3 Å². The molecular weight excluding hydrogens is 329 g/mol. The summed E-state index contributed by atoms with van der Waals surface area (Å²) in [6.45, 7) is 0.833. The molecule has 4 nitrogen and oxygen atoms in total. The molecule has 130 valence electrons. The van der Waals surface area contributed by atoms with Gasteiger partial charge in [-0.15, -0.1) is 0 Å². The lowest BCUT2D eigenvalue weighted by atomic mass is 10.1. The molecule has 3 rings (SSSR count). The molecule has 2 aromatic heterocycles. The first-order valence-electron chi connectivity index (χ1n) is 7.73. The summed E-state index contributed by atoms with van der Waals surface area (Å²) >= 11 is 0. The van der Waals surface area contributed by atoms with Gasteiger partial charge >= 0.3 is 6.18 Å². The lowest BCUT2D eigenvalue weighted by Crippen LogP contribution is -2.14. The first-order valence-corrected chi connectivity index (χ1v) is 7.73. The van der Waals surface area contributed by atoms with Gasteiger partial charge in [0.05, 0.1) is 11.3 Å². The Bertz CT molecular complexity index is 841. The van der Waals surface area contributed by atoms with Crippen molar-refractivity contribution in [1.29, 1.82) is 0 Å². The van der Waals surface area contributed by atoms with Gasteiger partial charge in [-0.25, -0.2) is 0 Å². The van der Waals surface area contributed by atoms with Gasteiger partial charge in [0.1, 0.15) is 0 Å². The van der Waals surface area contributed by atoms with Crippen molar-refractivity contribution >= 4 is 0 Å². The highest BCUT2D eigenvalue weighted by Gasteiger charge is 2.30. The number of rotatable bonds is 5. The molecular formula is C18H17F3N4. The fourth-order valence-electron chi connectivity index (χ4n) is 2.61. The average Bonchev–Trinajstić information content (AvgIpc) is 2.96. The van der Waals surface area contributed by atoms with E-state index in [1.54, 1.807) is 23.1 Å². The van der Waals surface area contributed by atoms with Crippen LogP contribution in [0.4, 0.5) is 13.2 Å². The zero-order chi connectivity index (χ0) is 17.9. The predicted molar refractivity (Wildman–Crippen MR) is 88.4 cm³/mol. The smallest absolute Gasteiger partial charge is 0.308 e. The molecule has 0 atom stereocenters. The summed E-state index contributed by atoms with van der Waals surface area (Å²) in [6.07, 6.45) is 0.991. The van der Waals surface area contributed by atoms with Gasteiger partial charge in [0, 0.05) is 49.9 Å². The lowest BCUT2D eigenvalue weighted by molar-refractivity contribution is -0.137. The van der Waals surface area contributed by atoms with Crippen molar-refractivity contribution in [3.05, 3.63) is 71.7 Å². The van der Waals surface area contributed by atoms with E-state index in [-0.39, 0.29) is 0 Å². The van der Waals surface area contributed by atoms with Crippen molar-refractivity contribution in [1.82, 2.24) is 20.1 Å². The van der Waals surface area contributed by atoms with Crippen LogP contribution in [0, 0.1) is 0 Å².